The largest absolute Gasteiger partial charge is 0.290 e. The minimum Gasteiger partial charge on any atom is -0.265 e. The maximum atomic E-state index is 12.2. The number of nitro benzene ring substituents is 1. The van der Waals surface area contributed by atoms with Gasteiger partial charge in [-0.1, -0.05) is 11.6 Å². The van der Waals surface area contributed by atoms with Gasteiger partial charge in [0.15, 0.2) is 4.90 Å². The minimum absolute atomic E-state index is 0.00460. The van der Waals surface area contributed by atoms with Crippen molar-refractivity contribution in [1.82, 2.24) is 9.71 Å². The third-order valence-electron chi connectivity index (χ3n) is 2.62. The van der Waals surface area contributed by atoms with Crippen LogP contribution in [-0.4, -0.2) is 18.3 Å². The van der Waals surface area contributed by atoms with Crippen molar-refractivity contribution < 1.29 is 13.3 Å². The number of nitro groups is 1. The van der Waals surface area contributed by atoms with Gasteiger partial charge in [-0.25, -0.2) is 13.1 Å². The summed E-state index contributed by atoms with van der Waals surface area (Å²) < 4.78 is 26.6. The van der Waals surface area contributed by atoms with Crippen LogP contribution >= 0.6 is 11.6 Å². The molecule has 0 saturated heterocycles. The van der Waals surface area contributed by atoms with Gasteiger partial charge in [-0.3, -0.25) is 15.1 Å². The topological polar surface area (TPSA) is 102 Å². The van der Waals surface area contributed by atoms with E-state index in [0.717, 1.165) is 12.1 Å². The summed E-state index contributed by atoms with van der Waals surface area (Å²) >= 11 is 5.66. The number of halogens is 1. The Morgan fingerprint density at radius 3 is 2.52 bits per heavy atom. The first-order chi connectivity index (χ1) is 9.90. The van der Waals surface area contributed by atoms with E-state index in [1.165, 1.54) is 18.5 Å². The van der Waals surface area contributed by atoms with Crippen LogP contribution < -0.4 is 4.72 Å². The van der Waals surface area contributed by atoms with Crippen LogP contribution in [0.2, 0.25) is 5.02 Å². The molecule has 0 aliphatic rings. The molecule has 0 radical (unpaired) electrons. The summed E-state index contributed by atoms with van der Waals surface area (Å²) in [4.78, 5) is 13.5. The van der Waals surface area contributed by atoms with E-state index in [1.807, 2.05) is 0 Å². The van der Waals surface area contributed by atoms with E-state index < -0.39 is 25.5 Å². The van der Waals surface area contributed by atoms with Gasteiger partial charge in [-0.15, -0.1) is 0 Å². The first-order valence-electron chi connectivity index (χ1n) is 5.72. The molecule has 2 aromatic rings. The first-order valence-corrected chi connectivity index (χ1v) is 7.59. The molecule has 1 heterocycles. The van der Waals surface area contributed by atoms with Gasteiger partial charge < -0.3 is 0 Å². The molecule has 1 N–H and O–H groups in total. The molecule has 7 nitrogen and oxygen atoms in total. The van der Waals surface area contributed by atoms with E-state index in [2.05, 4.69) is 9.71 Å². The van der Waals surface area contributed by atoms with Gasteiger partial charge in [0.25, 0.3) is 5.69 Å². The van der Waals surface area contributed by atoms with Crippen molar-refractivity contribution in [2.45, 2.75) is 11.4 Å². The van der Waals surface area contributed by atoms with Gasteiger partial charge in [0.1, 0.15) is 0 Å². The van der Waals surface area contributed by atoms with Crippen LogP contribution in [0.1, 0.15) is 5.56 Å². The number of rotatable bonds is 5. The lowest BCUT2D eigenvalue weighted by Gasteiger charge is -2.07. The van der Waals surface area contributed by atoms with E-state index in [4.69, 9.17) is 11.6 Å². The molecule has 1 aromatic carbocycles. The van der Waals surface area contributed by atoms with Gasteiger partial charge in [0.05, 0.1) is 4.92 Å². The van der Waals surface area contributed by atoms with Crippen molar-refractivity contribution >= 4 is 27.3 Å². The third-order valence-corrected chi connectivity index (χ3v) is 4.31. The van der Waals surface area contributed by atoms with E-state index >= 15 is 0 Å². The van der Waals surface area contributed by atoms with E-state index in [9.17, 15) is 18.5 Å². The van der Waals surface area contributed by atoms with Crippen LogP contribution in [0.25, 0.3) is 0 Å². The van der Waals surface area contributed by atoms with Crippen molar-refractivity contribution in [3.63, 3.8) is 0 Å². The van der Waals surface area contributed by atoms with Crippen LogP contribution in [0.3, 0.4) is 0 Å². The van der Waals surface area contributed by atoms with Crippen molar-refractivity contribution in [3.8, 4) is 0 Å². The Morgan fingerprint density at radius 2 is 1.90 bits per heavy atom. The highest BCUT2D eigenvalue weighted by Gasteiger charge is 2.25. The summed E-state index contributed by atoms with van der Waals surface area (Å²) in [7, 11) is -4.02. The number of sulfonamides is 1. The molecular formula is C12H10ClN3O4S. The maximum Gasteiger partial charge on any atom is 0.290 e. The molecule has 0 saturated carbocycles. The zero-order valence-electron chi connectivity index (χ0n) is 10.6. The predicted octanol–water partition coefficient (Wildman–Crippen LogP) is 2.12. The molecule has 0 unspecified atom stereocenters. The second-order valence-electron chi connectivity index (χ2n) is 4.05. The van der Waals surface area contributed by atoms with Gasteiger partial charge in [0, 0.05) is 30.0 Å². The number of hydrogen-bond acceptors (Lipinski definition) is 5. The quantitative estimate of drug-likeness (QED) is 0.669. The molecule has 1 aromatic heterocycles. The number of nitrogens with one attached hydrogen (secondary N) is 1. The molecule has 0 bridgehead atoms. The lowest BCUT2D eigenvalue weighted by atomic mass is 10.3. The Kier molecular flexibility index (Phi) is 4.51. The second kappa shape index (κ2) is 6.17. The fraction of sp³-hybridized carbons (Fsp3) is 0.0833. The van der Waals surface area contributed by atoms with Gasteiger partial charge in [-0.2, -0.15) is 0 Å². The smallest absolute Gasteiger partial charge is 0.265 e. The summed E-state index contributed by atoms with van der Waals surface area (Å²) in [6.07, 6.45) is 3.04. The molecule has 0 spiro atoms. The number of nitrogens with zero attached hydrogens (tertiary/aromatic N) is 2. The highest BCUT2D eigenvalue weighted by molar-refractivity contribution is 7.89. The lowest BCUT2D eigenvalue weighted by Crippen LogP contribution is -2.24. The van der Waals surface area contributed by atoms with Crippen LogP contribution in [0.15, 0.2) is 47.6 Å². The second-order valence-corrected chi connectivity index (χ2v) is 6.22. The standard InChI is InChI=1S/C12H10ClN3O4S/c13-10-1-2-12(11(7-10)16(17)18)21(19,20)15-8-9-3-5-14-6-4-9/h1-7,15H,8H2. The Balaban J connectivity index is 2.30. The Morgan fingerprint density at radius 1 is 1.24 bits per heavy atom. The van der Waals surface area contributed by atoms with Crippen molar-refractivity contribution in [3.05, 3.63) is 63.4 Å². The lowest BCUT2D eigenvalue weighted by molar-refractivity contribution is -0.387. The first kappa shape index (κ1) is 15.4. The SMILES string of the molecule is O=[N+]([O-])c1cc(Cl)ccc1S(=O)(=O)NCc1ccncc1. The average Bonchev–Trinajstić information content (AvgIpc) is 2.46. The summed E-state index contributed by atoms with van der Waals surface area (Å²) in [6.45, 7) is 0.00460. The number of pyridine rings is 1. The van der Waals surface area contributed by atoms with Crippen molar-refractivity contribution in [2.75, 3.05) is 0 Å². The molecule has 0 fully saturated rings. The summed E-state index contributed by atoms with van der Waals surface area (Å²) in [5, 5.41) is 11.0. The number of hydrogen-bond donors (Lipinski definition) is 1. The average molecular weight is 328 g/mol. The predicted molar refractivity (Wildman–Crippen MR) is 76.4 cm³/mol. The van der Waals surface area contributed by atoms with E-state index in [-0.39, 0.29) is 11.6 Å². The summed E-state index contributed by atoms with van der Waals surface area (Å²) in [5.41, 5.74) is 0.120. The highest BCUT2D eigenvalue weighted by atomic mass is 35.5. The van der Waals surface area contributed by atoms with Crippen molar-refractivity contribution in [2.24, 2.45) is 0 Å². The number of benzene rings is 1. The van der Waals surface area contributed by atoms with Gasteiger partial charge in [0.2, 0.25) is 10.0 Å². The zero-order valence-corrected chi connectivity index (χ0v) is 12.1. The van der Waals surface area contributed by atoms with Crippen molar-refractivity contribution in [1.29, 1.82) is 0 Å². The van der Waals surface area contributed by atoms with Crippen LogP contribution in [0.5, 0.6) is 0 Å². The van der Waals surface area contributed by atoms with Gasteiger partial charge in [-0.05, 0) is 29.8 Å². The maximum absolute atomic E-state index is 12.2. The van der Waals surface area contributed by atoms with Crippen LogP contribution in [0, 0.1) is 10.1 Å². The Hall–Kier alpha value is -2.03. The molecule has 0 atom stereocenters. The molecule has 110 valence electrons. The molecule has 0 amide bonds. The zero-order chi connectivity index (χ0) is 15.5. The molecule has 2 rings (SSSR count). The molecular weight excluding hydrogens is 318 g/mol. The van der Waals surface area contributed by atoms with E-state index in [1.54, 1.807) is 12.1 Å². The van der Waals surface area contributed by atoms with Gasteiger partial charge >= 0.3 is 0 Å². The summed E-state index contributed by atoms with van der Waals surface area (Å²) in [6, 6.07) is 6.67. The van der Waals surface area contributed by atoms with Crippen LogP contribution in [-0.2, 0) is 16.6 Å². The fourth-order valence-electron chi connectivity index (χ4n) is 1.62. The molecule has 0 aliphatic heterocycles. The van der Waals surface area contributed by atoms with E-state index in [0.29, 0.717) is 5.56 Å². The monoisotopic (exact) mass is 327 g/mol. The third kappa shape index (κ3) is 3.75. The highest BCUT2D eigenvalue weighted by Crippen LogP contribution is 2.27. The van der Waals surface area contributed by atoms with Crippen LogP contribution in [0.4, 0.5) is 5.69 Å². The Bertz CT molecular complexity index is 765. The molecule has 0 aliphatic carbocycles. The Labute approximate surface area is 125 Å². The molecule has 21 heavy (non-hydrogen) atoms. The minimum atomic E-state index is -4.02. The fourth-order valence-corrected chi connectivity index (χ4v) is 2.95. The molecule has 9 heteroatoms. The summed E-state index contributed by atoms with van der Waals surface area (Å²) in [5.74, 6) is 0. The number of aromatic nitrogens is 1. The normalized spacial score (nSPS) is 11.3.